The van der Waals surface area contributed by atoms with Gasteiger partial charge < -0.3 is 57.7 Å². The van der Waals surface area contributed by atoms with Crippen molar-refractivity contribution < 1.29 is 126 Å². The third kappa shape index (κ3) is 16.8. The van der Waals surface area contributed by atoms with Crippen LogP contribution in [-0.2, 0) is 23.3 Å². The molecule has 0 aliphatic rings. The first-order valence-corrected chi connectivity index (χ1v) is 17.1. The van der Waals surface area contributed by atoms with Crippen molar-refractivity contribution in [3.8, 4) is 5.75 Å². The summed E-state index contributed by atoms with van der Waals surface area (Å²) in [7, 11) is -10.1. The molecule has 0 heterocycles. The molecule has 0 aromatic heterocycles. The molecule has 0 spiro atoms. The average molecular weight is 749 g/mol. The number of amides is 2. The SMILES string of the molecule is CCOC(=O)c1ccc(NC(=O)OCCOC(=O)N/N=C/c2cccc(OCCCN(C)CCC(O)(P(=O)([O-])O)P(=O)([O-])O)c2)cc1.[Na+].[Na+]. The summed E-state index contributed by atoms with van der Waals surface area (Å²) in [5, 5.41) is 12.4. The Morgan fingerprint density at radius 3 is 2.14 bits per heavy atom. The molecule has 0 bridgehead atoms. The second-order valence-electron chi connectivity index (χ2n) is 9.71. The van der Waals surface area contributed by atoms with E-state index in [0.717, 1.165) is 0 Å². The summed E-state index contributed by atoms with van der Waals surface area (Å²) in [5.41, 5.74) is 3.42. The van der Waals surface area contributed by atoms with Crippen molar-refractivity contribution in [3.05, 3.63) is 59.7 Å². The Hall–Kier alpha value is -1.86. The third-order valence-electron chi connectivity index (χ3n) is 6.11. The molecule has 5 N–H and O–H groups in total. The van der Waals surface area contributed by atoms with Crippen molar-refractivity contribution in [3.63, 3.8) is 0 Å². The first-order chi connectivity index (χ1) is 22.1. The van der Waals surface area contributed by atoms with Gasteiger partial charge >= 0.3 is 77.3 Å². The number of nitrogens with one attached hydrogen (secondary N) is 2. The molecule has 2 aromatic rings. The molecule has 0 saturated carbocycles. The van der Waals surface area contributed by atoms with Crippen molar-refractivity contribution in [2.45, 2.75) is 24.8 Å². The topological polar surface area (TPSA) is 269 Å². The zero-order chi connectivity index (χ0) is 35.1. The van der Waals surface area contributed by atoms with Gasteiger partial charge in [0.05, 0.1) is 25.0 Å². The fourth-order valence-corrected chi connectivity index (χ4v) is 5.67. The van der Waals surface area contributed by atoms with Crippen LogP contribution in [0.3, 0.4) is 0 Å². The van der Waals surface area contributed by atoms with Crippen LogP contribution in [0.2, 0.25) is 0 Å². The van der Waals surface area contributed by atoms with Gasteiger partial charge in [0.2, 0.25) is 0 Å². The van der Waals surface area contributed by atoms with Crippen LogP contribution in [0.4, 0.5) is 15.3 Å². The molecule has 2 amide bonds. The first-order valence-electron chi connectivity index (χ1n) is 13.9. The Labute approximate surface area is 326 Å². The number of hydrazone groups is 1. The maximum absolute atomic E-state index is 11.9. The standard InChI is InChI=1S/C27H38N4O14P2.2Na/c1-3-42-24(32)21-8-10-22(11-9-21)29-25(33)44-16-17-45-26(34)30-28-19-20-6-4-7-23(18-20)43-15-5-13-31(2)14-12-27(35,46(36,37)38)47(39,40)41;;/h4,6-11,18-19,35H,3,5,12-17H2,1-2H3,(H,29,33)(H,30,34)(H2,36,37,38)(H2,39,40,41);;/q;2*+1/p-2/b28-19+;;. The molecule has 0 radical (unpaired) electrons. The molecule has 49 heavy (non-hydrogen) atoms. The van der Waals surface area contributed by atoms with Crippen LogP contribution in [0.15, 0.2) is 53.6 Å². The van der Waals surface area contributed by atoms with Crippen LogP contribution < -0.4 is 84.4 Å². The molecule has 0 fully saturated rings. The van der Waals surface area contributed by atoms with E-state index < -0.39 is 44.9 Å². The summed E-state index contributed by atoms with van der Waals surface area (Å²) in [6.07, 6.45) is -0.937. The van der Waals surface area contributed by atoms with Crippen LogP contribution >= 0.6 is 15.2 Å². The number of nitrogens with zero attached hydrogens (tertiary/aromatic N) is 2. The van der Waals surface area contributed by atoms with Gasteiger partial charge in [-0.15, -0.1) is 0 Å². The van der Waals surface area contributed by atoms with Gasteiger partial charge in [-0.05, 0) is 62.4 Å². The normalized spacial score (nSPS) is 14.5. The minimum atomic E-state index is -5.82. The molecule has 0 aliphatic carbocycles. The monoisotopic (exact) mass is 748 g/mol. The Morgan fingerprint density at radius 2 is 1.55 bits per heavy atom. The van der Waals surface area contributed by atoms with E-state index in [1.54, 1.807) is 31.2 Å². The Kier molecular flexibility index (Phi) is 22.0. The number of benzene rings is 2. The van der Waals surface area contributed by atoms with Gasteiger partial charge in [0.25, 0.3) is 0 Å². The van der Waals surface area contributed by atoms with E-state index in [0.29, 0.717) is 29.0 Å². The van der Waals surface area contributed by atoms with Crippen LogP contribution in [0, 0.1) is 0 Å². The van der Waals surface area contributed by atoms with Crippen LogP contribution in [0.1, 0.15) is 35.7 Å². The second kappa shape index (κ2) is 22.9. The van der Waals surface area contributed by atoms with Gasteiger partial charge in [0.1, 0.15) is 19.0 Å². The number of hydrogen-bond donors (Lipinski definition) is 5. The van der Waals surface area contributed by atoms with Crippen LogP contribution in [0.25, 0.3) is 0 Å². The van der Waals surface area contributed by atoms with E-state index in [4.69, 9.17) is 28.7 Å². The number of ether oxygens (including phenoxy) is 4. The molecule has 22 heteroatoms. The number of carbonyl (C=O) groups excluding carboxylic acids is 3. The summed E-state index contributed by atoms with van der Waals surface area (Å²) in [6.45, 7) is 1.64. The van der Waals surface area contributed by atoms with Crippen molar-refractivity contribution in [1.29, 1.82) is 0 Å². The third-order valence-corrected chi connectivity index (χ3v) is 9.88. The van der Waals surface area contributed by atoms with Crippen molar-refractivity contribution in [2.24, 2.45) is 5.10 Å². The number of aliphatic hydroxyl groups is 1. The summed E-state index contributed by atoms with van der Waals surface area (Å²) in [4.78, 5) is 77.6. The van der Waals surface area contributed by atoms with Crippen molar-refractivity contribution >= 4 is 45.2 Å². The van der Waals surface area contributed by atoms with E-state index >= 15 is 0 Å². The van der Waals surface area contributed by atoms with Gasteiger partial charge in [-0.3, -0.25) is 5.32 Å². The maximum Gasteiger partial charge on any atom is 1.00 e. The molecule has 2 unspecified atom stereocenters. The zero-order valence-corrected chi connectivity index (χ0v) is 33.3. The first kappa shape index (κ1) is 47.1. The van der Waals surface area contributed by atoms with Crippen LogP contribution in [-0.4, -0.2) is 95.8 Å². The van der Waals surface area contributed by atoms with Crippen LogP contribution in [0.5, 0.6) is 5.75 Å². The average Bonchev–Trinajstić information content (AvgIpc) is 3.00. The fraction of sp³-hybridized carbons (Fsp3) is 0.407. The number of hydrogen-bond acceptors (Lipinski definition) is 14. The van der Waals surface area contributed by atoms with Gasteiger partial charge in [-0.25, -0.2) is 19.8 Å². The number of rotatable bonds is 18. The molecular formula is C27H36N4Na2O14P2. The number of anilines is 1. The predicted molar refractivity (Wildman–Crippen MR) is 163 cm³/mol. The van der Waals surface area contributed by atoms with Gasteiger partial charge in [0, 0.05) is 25.2 Å². The predicted octanol–water partition coefficient (Wildman–Crippen LogP) is -4.99. The molecule has 260 valence electrons. The molecule has 0 aliphatic heterocycles. The van der Waals surface area contributed by atoms with E-state index in [9.17, 15) is 38.4 Å². The summed E-state index contributed by atoms with van der Waals surface area (Å²) in [6, 6.07) is 12.6. The van der Waals surface area contributed by atoms with Crippen molar-refractivity contribution in [1.82, 2.24) is 10.3 Å². The van der Waals surface area contributed by atoms with E-state index in [2.05, 4.69) is 15.8 Å². The van der Waals surface area contributed by atoms with E-state index in [1.807, 2.05) is 0 Å². The fourth-order valence-electron chi connectivity index (χ4n) is 3.62. The molecule has 18 nitrogen and oxygen atoms in total. The number of carbonyl (C=O) groups is 3. The zero-order valence-electron chi connectivity index (χ0n) is 27.5. The molecule has 2 aromatic carbocycles. The minimum absolute atomic E-state index is 0. The summed E-state index contributed by atoms with van der Waals surface area (Å²) >= 11 is 0. The molecule has 0 saturated heterocycles. The number of esters is 1. The van der Waals surface area contributed by atoms with Gasteiger partial charge in [-0.1, -0.05) is 12.1 Å². The Balaban J connectivity index is 0.0000115. The summed E-state index contributed by atoms with van der Waals surface area (Å²) < 4.78 is 43.0. The summed E-state index contributed by atoms with van der Waals surface area (Å²) in [5.74, 6) is -0.0270. The molecule has 2 rings (SSSR count). The molecule has 2 atom stereocenters. The Bertz CT molecular complexity index is 1450. The largest absolute Gasteiger partial charge is 1.00 e. The quantitative estimate of drug-likeness (QED) is 0.0182. The Morgan fingerprint density at radius 1 is 0.939 bits per heavy atom. The second-order valence-corrected chi connectivity index (χ2v) is 13.6. The van der Waals surface area contributed by atoms with E-state index in [1.165, 1.54) is 42.4 Å². The smallest absolute Gasteiger partial charge is 0.776 e. The molecular weight excluding hydrogens is 712 g/mol. The van der Waals surface area contributed by atoms with E-state index in [-0.39, 0.29) is 98.6 Å². The van der Waals surface area contributed by atoms with Gasteiger partial charge in [-0.2, -0.15) is 5.10 Å². The maximum atomic E-state index is 11.9. The minimum Gasteiger partial charge on any atom is -0.776 e. The van der Waals surface area contributed by atoms with Gasteiger partial charge in [0.15, 0.2) is 20.3 Å². The van der Waals surface area contributed by atoms with Crippen molar-refractivity contribution in [2.75, 3.05) is 51.9 Å².